The highest BCUT2D eigenvalue weighted by atomic mass is 16.3. The second-order valence-corrected chi connectivity index (χ2v) is 10.6. The number of fused-ring (bicyclic) bond motifs is 7. The van der Waals surface area contributed by atoms with Gasteiger partial charge in [-0.15, -0.1) is 0 Å². The molecule has 0 amide bonds. The summed E-state index contributed by atoms with van der Waals surface area (Å²) in [6.45, 7) is 2.35. The minimum Gasteiger partial charge on any atom is -0.456 e. The third-order valence-corrected chi connectivity index (χ3v) is 9.35. The number of aryl methyl sites for hydroxylation is 1. The molecule has 1 nitrogen and oxygen atoms in total. The van der Waals surface area contributed by atoms with Gasteiger partial charge in [0.1, 0.15) is 11.2 Å². The van der Waals surface area contributed by atoms with E-state index in [1.54, 1.807) is 11.1 Å². The molecule has 4 saturated carbocycles. The minimum atomic E-state index is 0.232. The van der Waals surface area contributed by atoms with Gasteiger partial charge in [0.05, 0.1) is 0 Å². The predicted octanol–water partition coefficient (Wildman–Crippen LogP) is 7.62. The molecule has 4 bridgehead atoms. The first-order valence-electron chi connectivity index (χ1n) is 11.8. The van der Waals surface area contributed by atoms with Crippen LogP contribution in [0.2, 0.25) is 0 Å². The lowest BCUT2D eigenvalue weighted by atomic mass is 9.43. The lowest BCUT2D eigenvalue weighted by Crippen LogP contribution is -2.55. The van der Waals surface area contributed by atoms with Crippen LogP contribution < -0.4 is 0 Å². The van der Waals surface area contributed by atoms with Crippen LogP contribution in [-0.2, 0) is 5.41 Å². The number of benzene rings is 3. The van der Waals surface area contributed by atoms with E-state index < -0.39 is 0 Å². The average Bonchev–Trinajstić information content (AvgIpc) is 3.26. The Hall–Kier alpha value is -2.54. The maximum absolute atomic E-state index is 6.37. The van der Waals surface area contributed by atoms with Crippen molar-refractivity contribution in [2.75, 3.05) is 0 Å². The van der Waals surface area contributed by atoms with E-state index in [1.165, 1.54) is 59.6 Å². The van der Waals surface area contributed by atoms with Crippen LogP contribution in [0.25, 0.3) is 33.1 Å². The average molecular weight is 391 g/mol. The third kappa shape index (κ3) is 1.67. The van der Waals surface area contributed by atoms with Crippen molar-refractivity contribution in [3.05, 3.63) is 71.3 Å². The maximum atomic E-state index is 6.37. The number of hydrogen-bond donors (Lipinski definition) is 0. The fraction of sp³-hybridized carbons (Fsp3) is 0.379. The molecule has 0 aliphatic heterocycles. The Balaban J connectivity index is 1.57. The Morgan fingerprint density at radius 2 is 1.50 bits per heavy atom. The van der Waals surface area contributed by atoms with Crippen molar-refractivity contribution in [1.29, 1.82) is 0 Å². The minimum absolute atomic E-state index is 0.232. The monoisotopic (exact) mass is 390 g/mol. The summed E-state index contributed by atoms with van der Waals surface area (Å²) in [6.07, 6.45) is 7.24. The molecule has 148 valence electrons. The van der Waals surface area contributed by atoms with Crippen molar-refractivity contribution >= 4 is 21.9 Å². The van der Waals surface area contributed by atoms with Crippen molar-refractivity contribution in [3.8, 4) is 11.1 Å². The molecule has 0 unspecified atom stereocenters. The highest BCUT2D eigenvalue weighted by Crippen LogP contribution is 2.70. The number of furan rings is 1. The molecular formula is C29H26O. The van der Waals surface area contributed by atoms with E-state index in [9.17, 15) is 0 Å². The molecule has 9 rings (SSSR count). The van der Waals surface area contributed by atoms with E-state index >= 15 is 0 Å². The summed E-state index contributed by atoms with van der Waals surface area (Å²) in [5.74, 6) is 3.58. The first-order valence-corrected chi connectivity index (χ1v) is 11.8. The predicted molar refractivity (Wildman–Crippen MR) is 122 cm³/mol. The first kappa shape index (κ1) is 16.2. The van der Waals surface area contributed by atoms with Crippen molar-refractivity contribution in [2.45, 2.75) is 44.4 Å². The Morgan fingerprint density at radius 3 is 2.30 bits per heavy atom. The van der Waals surface area contributed by atoms with Gasteiger partial charge >= 0.3 is 0 Å². The van der Waals surface area contributed by atoms with Crippen LogP contribution in [0.15, 0.2) is 59.0 Å². The Kier molecular flexibility index (Phi) is 2.80. The lowest BCUT2D eigenvalue weighted by molar-refractivity contribution is -0.0401. The number of hydrogen-bond acceptors (Lipinski definition) is 1. The number of para-hydroxylation sites is 1. The van der Waals surface area contributed by atoms with Crippen molar-refractivity contribution in [1.82, 2.24) is 0 Å². The molecule has 1 heteroatoms. The molecule has 30 heavy (non-hydrogen) atoms. The van der Waals surface area contributed by atoms with Gasteiger partial charge in [-0.1, -0.05) is 42.5 Å². The van der Waals surface area contributed by atoms with Crippen LogP contribution in [0.3, 0.4) is 0 Å². The van der Waals surface area contributed by atoms with Crippen LogP contribution in [0.4, 0.5) is 0 Å². The van der Waals surface area contributed by atoms with Crippen LogP contribution in [-0.4, -0.2) is 0 Å². The molecule has 4 aromatic rings. The molecule has 1 heterocycles. The SMILES string of the molecule is Cc1cc2oc3ccccc3c2c2c1C1(c3ccccc3-2)C2CC3CC(C2)CC1C3. The summed E-state index contributed by atoms with van der Waals surface area (Å²) in [4.78, 5) is 0. The largest absolute Gasteiger partial charge is 0.456 e. The normalized spacial score (nSPS) is 33.0. The Morgan fingerprint density at radius 1 is 0.800 bits per heavy atom. The molecule has 0 atom stereocenters. The van der Waals surface area contributed by atoms with E-state index in [0.29, 0.717) is 0 Å². The summed E-state index contributed by atoms with van der Waals surface area (Å²) < 4.78 is 6.37. The van der Waals surface area contributed by atoms with Crippen LogP contribution >= 0.6 is 0 Å². The maximum Gasteiger partial charge on any atom is 0.136 e. The van der Waals surface area contributed by atoms with Gasteiger partial charge in [-0.3, -0.25) is 0 Å². The molecule has 1 spiro atoms. The van der Waals surface area contributed by atoms with Gasteiger partial charge in [0.2, 0.25) is 0 Å². The smallest absolute Gasteiger partial charge is 0.136 e. The quantitative estimate of drug-likeness (QED) is 0.301. The van der Waals surface area contributed by atoms with Gasteiger partial charge in [-0.05, 0) is 103 Å². The molecule has 4 fully saturated rings. The highest BCUT2D eigenvalue weighted by molar-refractivity contribution is 6.15. The zero-order chi connectivity index (χ0) is 19.6. The second-order valence-electron chi connectivity index (χ2n) is 10.6. The zero-order valence-corrected chi connectivity index (χ0v) is 17.4. The molecule has 0 saturated heterocycles. The number of rotatable bonds is 0. The van der Waals surface area contributed by atoms with E-state index in [-0.39, 0.29) is 5.41 Å². The lowest BCUT2D eigenvalue weighted by Gasteiger charge is -2.61. The second kappa shape index (κ2) is 5.19. The molecule has 3 aromatic carbocycles. The Bertz CT molecular complexity index is 1340. The van der Waals surface area contributed by atoms with Gasteiger partial charge in [0.25, 0.3) is 0 Å². The summed E-state index contributed by atoms with van der Waals surface area (Å²) in [7, 11) is 0. The topological polar surface area (TPSA) is 13.1 Å². The third-order valence-electron chi connectivity index (χ3n) is 9.35. The molecule has 0 radical (unpaired) electrons. The van der Waals surface area contributed by atoms with Crippen molar-refractivity contribution in [2.24, 2.45) is 23.7 Å². The molecule has 1 aromatic heterocycles. The fourth-order valence-electron chi connectivity index (χ4n) is 8.79. The molecule has 0 N–H and O–H groups in total. The van der Waals surface area contributed by atoms with Gasteiger partial charge in [-0.2, -0.15) is 0 Å². The fourth-order valence-corrected chi connectivity index (χ4v) is 8.79. The van der Waals surface area contributed by atoms with Crippen LogP contribution in [0, 0.1) is 30.6 Å². The summed E-state index contributed by atoms with van der Waals surface area (Å²) >= 11 is 0. The highest BCUT2D eigenvalue weighted by Gasteiger charge is 2.62. The first-order chi connectivity index (χ1) is 14.7. The van der Waals surface area contributed by atoms with Gasteiger partial charge in [-0.25, -0.2) is 0 Å². The summed E-state index contributed by atoms with van der Waals surface area (Å²) in [6, 6.07) is 20.4. The van der Waals surface area contributed by atoms with E-state index in [4.69, 9.17) is 4.42 Å². The zero-order valence-electron chi connectivity index (χ0n) is 17.4. The van der Waals surface area contributed by atoms with Crippen molar-refractivity contribution < 1.29 is 4.42 Å². The van der Waals surface area contributed by atoms with Crippen molar-refractivity contribution in [3.63, 3.8) is 0 Å². The summed E-state index contributed by atoms with van der Waals surface area (Å²) in [5.41, 5.74) is 10.0. The molecular weight excluding hydrogens is 364 g/mol. The Labute approximate surface area is 177 Å². The molecule has 5 aliphatic carbocycles. The molecule has 5 aliphatic rings. The van der Waals surface area contributed by atoms with E-state index in [2.05, 4.69) is 61.5 Å². The summed E-state index contributed by atoms with van der Waals surface area (Å²) in [5, 5.41) is 2.63. The van der Waals surface area contributed by atoms with Gasteiger partial charge in [0, 0.05) is 16.2 Å². The standard InChI is InChI=1S/C29H26O/c1-16-10-25-26(22-7-3-5-9-24(22)30-25)27-21-6-2-4-8-23(21)29(28(16)27)19-12-17-11-18(14-19)15-20(29)13-17/h2-10,17-20H,11-15H2,1H3. The van der Waals surface area contributed by atoms with Gasteiger partial charge < -0.3 is 4.42 Å². The van der Waals surface area contributed by atoms with Gasteiger partial charge in [0.15, 0.2) is 0 Å². The van der Waals surface area contributed by atoms with E-state index in [1.807, 2.05) is 0 Å². The van der Waals surface area contributed by atoms with Crippen LogP contribution in [0.5, 0.6) is 0 Å². The van der Waals surface area contributed by atoms with E-state index in [0.717, 1.165) is 34.8 Å². The van der Waals surface area contributed by atoms with Crippen LogP contribution in [0.1, 0.15) is 48.8 Å².